The molecular weight excluding hydrogens is 262 g/mol. The second-order valence-electron chi connectivity index (χ2n) is 3.15. The van der Waals surface area contributed by atoms with E-state index >= 15 is 0 Å². The van der Waals surface area contributed by atoms with Gasteiger partial charge in [0.1, 0.15) is 0 Å². The summed E-state index contributed by atoms with van der Waals surface area (Å²) in [7, 11) is 0. The molecule has 0 spiro atoms. The van der Waals surface area contributed by atoms with Crippen molar-refractivity contribution in [2.24, 2.45) is 11.5 Å². The smallest absolute Gasteiger partial charge is 0.283 e. The molecule has 0 aliphatic carbocycles. The number of nitro benzene ring substituents is 1. The van der Waals surface area contributed by atoms with Crippen LogP contribution in [-0.4, -0.2) is 11.5 Å². The van der Waals surface area contributed by atoms with Crippen molar-refractivity contribution in [3.05, 3.63) is 38.3 Å². The Morgan fingerprint density at radius 2 is 2.20 bits per heavy atom. The van der Waals surface area contributed by atoms with Gasteiger partial charge in [0.25, 0.3) is 5.69 Å². The molecule has 0 bridgehead atoms. The number of benzene rings is 1. The predicted molar refractivity (Wildman–Crippen MR) is 61.4 cm³/mol. The van der Waals surface area contributed by atoms with Gasteiger partial charge in [-0.1, -0.05) is 6.07 Å². The molecule has 1 atom stereocenters. The van der Waals surface area contributed by atoms with Crippen molar-refractivity contribution in [3.8, 4) is 0 Å². The van der Waals surface area contributed by atoms with Crippen LogP contribution in [-0.2, 0) is 0 Å². The van der Waals surface area contributed by atoms with Gasteiger partial charge in [-0.3, -0.25) is 10.1 Å². The molecule has 4 N–H and O–H groups in total. The first-order valence-electron chi connectivity index (χ1n) is 4.45. The van der Waals surface area contributed by atoms with E-state index in [1.807, 2.05) is 0 Å². The summed E-state index contributed by atoms with van der Waals surface area (Å²) in [5.41, 5.74) is 11.9. The lowest BCUT2D eigenvalue weighted by Crippen LogP contribution is -2.15. The van der Waals surface area contributed by atoms with E-state index in [2.05, 4.69) is 15.9 Å². The van der Waals surface area contributed by atoms with Crippen molar-refractivity contribution >= 4 is 21.6 Å². The van der Waals surface area contributed by atoms with Crippen molar-refractivity contribution < 1.29 is 4.92 Å². The molecule has 0 aliphatic heterocycles. The lowest BCUT2D eigenvalue weighted by molar-refractivity contribution is -0.385. The van der Waals surface area contributed by atoms with Gasteiger partial charge in [-0.05, 0) is 40.5 Å². The van der Waals surface area contributed by atoms with Gasteiger partial charge in [0.15, 0.2) is 0 Å². The average Bonchev–Trinajstić information content (AvgIpc) is 2.18. The van der Waals surface area contributed by atoms with Crippen LogP contribution >= 0.6 is 15.9 Å². The minimum absolute atomic E-state index is 0.0278. The van der Waals surface area contributed by atoms with Crippen molar-refractivity contribution in [1.29, 1.82) is 0 Å². The Labute approximate surface area is 95.7 Å². The van der Waals surface area contributed by atoms with Gasteiger partial charge in [-0.25, -0.2) is 0 Å². The molecule has 1 rings (SSSR count). The summed E-state index contributed by atoms with van der Waals surface area (Å²) < 4.78 is 0.455. The van der Waals surface area contributed by atoms with Crippen LogP contribution in [0.1, 0.15) is 18.0 Å². The maximum Gasteiger partial charge on any atom is 0.283 e. The Kier molecular flexibility index (Phi) is 4.19. The molecule has 0 fully saturated rings. The summed E-state index contributed by atoms with van der Waals surface area (Å²) in [5.74, 6) is 0. The SMILES string of the molecule is NCC[C@H](N)c1ccc(Br)c([N+](=O)[O-])c1. The van der Waals surface area contributed by atoms with Crippen LogP contribution in [0.15, 0.2) is 22.7 Å². The predicted octanol–water partition coefficient (Wildman–Crippen LogP) is 1.71. The molecule has 6 heteroatoms. The van der Waals surface area contributed by atoms with Gasteiger partial charge >= 0.3 is 0 Å². The van der Waals surface area contributed by atoms with Gasteiger partial charge in [0.2, 0.25) is 0 Å². The van der Waals surface area contributed by atoms with Crippen LogP contribution < -0.4 is 11.5 Å². The Morgan fingerprint density at radius 3 is 2.73 bits per heavy atom. The Balaban J connectivity index is 3.02. The van der Waals surface area contributed by atoms with Crippen LogP contribution in [0.25, 0.3) is 0 Å². The third-order valence-electron chi connectivity index (χ3n) is 2.07. The zero-order valence-corrected chi connectivity index (χ0v) is 9.61. The highest BCUT2D eigenvalue weighted by molar-refractivity contribution is 9.10. The lowest BCUT2D eigenvalue weighted by atomic mass is 10.0. The normalized spacial score (nSPS) is 12.5. The molecule has 1 aromatic carbocycles. The molecule has 0 saturated carbocycles. The van der Waals surface area contributed by atoms with E-state index in [1.54, 1.807) is 12.1 Å². The molecule has 0 aromatic heterocycles. The third-order valence-corrected chi connectivity index (χ3v) is 2.74. The third kappa shape index (κ3) is 2.98. The topological polar surface area (TPSA) is 95.2 Å². The van der Waals surface area contributed by atoms with E-state index in [1.165, 1.54) is 6.07 Å². The van der Waals surface area contributed by atoms with Crippen LogP contribution in [0.2, 0.25) is 0 Å². The van der Waals surface area contributed by atoms with Crippen LogP contribution in [0, 0.1) is 10.1 Å². The molecule has 0 heterocycles. The number of hydrogen-bond acceptors (Lipinski definition) is 4. The highest BCUT2D eigenvalue weighted by Crippen LogP contribution is 2.28. The second-order valence-corrected chi connectivity index (χ2v) is 4.01. The summed E-state index contributed by atoms with van der Waals surface area (Å²) in [4.78, 5) is 10.2. The molecule has 0 unspecified atom stereocenters. The van der Waals surface area contributed by atoms with Crippen LogP contribution in [0.4, 0.5) is 5.69 Å². The molecule has 0 saturated heterocycles. The Hall–Kier alpha value is -0.980. The minimum atomic E-state index is -0.442. The number of rotatable bonds is 4. The molecule has 0 radical (unpaired) electrons. The number of nitro groups is 1. The number of halogens is 1. The van der Waals surface area contributed by atoms with Gasteiger partial charge < -0.3 is 11.5 Å². The quantitative estimate of drug-likeness (QED) is 0.645. The first kappa shape index (κ1) is 12.1. The highest BCUT2D eigenvalue weighted by Gasteiger charge is 2.14. The summed E-state index contributed by atoms with van der Waals surface area (Å²) in [6.45, 7) is 0.463. The number of nitrogens with two attached hydrogens (primary N) is 2. The van der Waals surface area contributed by atoms with E-state index < -0.39 is 4.92 Å². The van der Waals surface area contributed by atoms with E-state index in [9.17, 15) is 10.1 Å². The monoisotopic (exact) mass is 273 g/mol. The summed E-state index contributed by atoms with van der Waals surface area (Å²) in [5, 5.41) is 10.7. The molecule has 15 heavy (non-hydrogen) atoms. The Bertz CT molecular complexity index is 370. The number of hydrogen-bond donors (Lipinski definition) is 2. The van der Waals surface area contributed by atoms with Gasteiger partial charge in [0.05, 0.1) is 9.40 Å². The zero-order chi connectivity index (χ0) is 11.4. The standard InChI is InChI=1S/C9H12BrN3O2/c10-7-2-1-6(8(12)3-4-11)5-9(7)13(14)15/h1-2,5,8H,3-4,11-12H2/t8-/m0/s1. The summed E-state index contributed by atoms with van der Waals surface area (Å²) >= 11 is 3.11. The largest absolute Gasteiger partial charge is 0.330 e. The average molecular weight is 274 g/mol. The van der Waals surface area contributed by atoms with Gasteiger partial charge in [-0.2, -0.15) is 0 Å². The van der Waals surface area contributed by atoms with Crippen molar-refractivity contribution in [2.75, 3.05) is 6.54 Å². The van der Waals surface area contributed by atoms with Crippen molar-refractivity contribution in [1.82, 2.24) is 0 Å². The first-order valence-corrected chi connectivity index (χ1v) is 5.25. The van der Waals surface area contributed by atoms with E-state index in [0.29, 0.717) is 17.4 Å². The van der Waals surface area contributed by atoms with Gasteiger partial charge in [0, 0.05) is 12.1 Å². The molecule has 5 nitrogen and oxygen atoms in total. The molecule has 0 amide bonds. The minimum Gasteiger partial charge on any atom is -0.330 e. The maximum absolute atomic E-state index is 10.7. The van der Waals surface area contributed by atoms with E-state index in [4.69, 9.17) is 11.5 Å². The second kappa shape index (κ2) is 5.20. The number of nitrogens with zero attached hydrogens (tertiary/aromatic N) is 1. The lowest BCUT2D eigenvalue weighted by Gasteiger charge is -2.10. The van der Waals surface area contributed by atoms with E-state index in [-0.39, 0.29) is 11.7 Å². The summed E-state index contributed by atoms with van der Waals surface area (Å²) in [6, 6.07) is 4.62. The fourth-order valence-electron chi connectivity index (χ4n) is 1.25. The maximum atomic E-state index is 10.7. The fraction of sp³-hybridized carbons (Fsp3) is 0.333. The highest BCUT2D eigenvalue weighted by atomic mass is 79.9. The van der Waals surface area contributed by atoms with Gasteiger partial charge in [-0.15, -0.1) is 0 Å². The van der Waals surface area contributed by atoms with Crippen LogP contribution in [0.5, 0.6) is 0 Å². The molecular formula is C9H12BrN3O2. The zero-order valence-electron chi connectivity index (χ0n) is 8.02. The summed E-state index contributed by atoms with van der Waals surface area (Å²) in [6.07, 6.45) is 0.610. The van der Waals surface area contributed by atoms with Crippen molar-refractivity contribution in [3.63, 3.8) is 0 Å². The van der Waals surface area contributed by atoms with Crippen molar-refractivity contribution in [2.45, 2.75) is 12.5 Å². The molecule has 82 valence electrons. The molecule has 0 aliphatic rings. The fourth-order valence-corrected chi connectivity index (χ4v) is 1.64. The first-order chi connectivity index (χ1) is 7.06. The molecule has 1 aromatic rings. The van der Waals surface area contributed by atoms with Crippen LogP contribution in [0.3, 0.4) is 0 Å². The Morgan fingerprint density at radius 1 is 1.53 bits per heavy atom. The van der Waals surface area contributed by atoms with E-state index in [0.717, 1.165) is 5.56 Å².